The molecule has 0 bridgehead atoms. The maximum absolute atomic E-state index is 16.3. The largest absolute Gasteiger partial charge is 0.457 e. The Morgan fingerprint density at radius 3 is 1.93 bits per heavy atom. The van der Waals surface area contributed by atoms with Gasteiger partial charge in [0.15, 0.2) is 43.0 Å². The molecule has 1 amide bonds. The average molecular weight is 1390 g/mol. The highest BCUT2D eigenvalue weighted by molar-refractivity contribution is 5.80. The number of ether oxygens (including phenoxy) is 13. The zero-order chi connectivity index (χ0) is 72.1. The molecule has 0 aromatic heterocycles. The van der Waals surface area contributed by atoms with E-state index < -0.39 is 108 Å². The highest BCUT2D eigenvalue weighted by atomic mass is 16.8. The van der Waals surface area contributed by atoms with Gasteiger partial charge in [0.05, 0.1) is 54.4 Å². The van der Waals surface area contributed by atoms with Crippen LogP contribution >= 0.6 is 0 Å². The molecule has 29 atom stereocenters. The molecule has 19 nitrogen and oxygen atoms in total. The molecule has 9 fully saturated rings. The Hall–Kier alpha value is -4.83. The lowest BCUT2D eigenvalue weighted by atomic mass is 9.32. The summed E-state index contributed by atoms with van der Waals surface area (Å²) >= 11 is 0. The number of aldehydes is 1. The lowest BCUT2D eigenvalue weighted by Crippen LogP contribution is -2.67. The van der Waals surface area contributed by atoms with Crippen LogP contribution in [0.5, 0.6) is 11.5 Å². The van der Waals surface area contributed by atoms with Crippen LogP contribution in [0.15, 0.2) is 66.2 Å². The molecule has 5 saturated heterocycles. The molecule has 19 heteroatoms. The Labute approximate surface area is 594 Å². The zero-order valence-corrected chi connectivity index (χ0v) is 63.0. The Morgan fingerprint density at radius 1 is 0.600 bits per heavy atom. The van der Waals surface area contributed by atoms with E-state index in [9.17, 15) is 19.2 Å². The highest BCUT2D eigenvalue weighted by Crippen LogP contribution is 2.77. The van der Waals surface area contributed by atoms with Crippen LogP contribution in [0.1, 0.15) is 195 Å². The van der Waals surface area contributed by atoms with Crippen LogP contribution in [-0.2, 0) is 87.2 Å². The predicted molar refractivity (Wildman–Crippen MR) is 371 cm³/mol. The average Bonchev–Trinajstić information content (AvgIpc) is 0.756. The maximum Gasteiger partial charge on any atom is 0.315 e. The molecule has 5 aliphatic carbocycles. The number of hydrogen-bond acceptors (Lipinski definition) is 18. The van der Waals surface area contributed by atoms with Crippen molar-refractivity contribution in [1.82, 2.24) is 5.32 Å². The normalized spacial score (nSPS) is 45.5. The van der Waals surface area contributed by atoms with Gasteiger partial charge in [-0.05, 0) is 178 Å². The van der Waals surface area contributed by atoms with E-state index in [1.807, 2.05) is 103 Å². The number of allylic oxidation sites excluding steroid dienone is 2. The Kier molecular flexibility index (Phi) is 21.1. The molecule has 554 valence electrons. The van der Waals surface area contributed by atoms with Crippen molar-refractivity contribution in [2.45, 2.75) is 288 Å². The van der Waals surface area contributed by atoms with E-state index in [0.717, 1.165) is 56.3 Å². The molecule has 0 radical (unpaired) electrons. The number of hydrogen-bond donors (Lipinski definition) is 1. The van der Waals surface area contributed by atoms with Crippen LogP contribution < -0.4 is 10.1 Å². The van der Waals surface area contributed by atoms with Gasteiger partial charge >= 0.3 is 17.9 Å². The van der Waals surface area contributed by atoms with Crippen molar-refractivity contribution in [3.8, 4) is 11.5 Å². The van der Waals surface area contributed by atoms with E-state index in [1.165, 1.54) is 25.7 Å². The molecular weight excluding hydrogens is 1270 g/mol. The number of carbonyl (C=O) groups excluding carboxylic acids is 5. The van der Waals surface area contributed by atoms with E-state index in [1.54, 1.807) is 0 Å². The number of nitrogens with one attached hydrogen (secondary N) is 1. The summed E-state index contributed by atoms with van der Waals surface area (Å²) in [4.78, 5) is 69.5. The summed E-state index contributed by atoms with van der Waals surface area (Å²) in [7, 11) is 0. The van der Waals surface area contributed by atoms with Gasteiger partial charge in [-0.2, -0.15) is 0 Å². The lowest BCUT2D eigenvalue weighted by molar-refractivity contribution is -0.361. The summed E-state index contributed by atoms with van der Waals surface area (Å²) < 4.78 is 86.0. The number of esters is 3. The molecule has 10 aliphatic rings. The van der Waals surface area contributed by atoms with Crippen LogP contribution in [0.4, 0.5) is 0 Å². The monoisotopic (exact) mass is 1390 g/mol. The molecule has 100 heavy (non-hydrogen) atoms. The van der Waals surface area contributed by atoms with E-state index >= 15 is 4.79 Å². The second-order valence-electron chi connectivity index (χ2n) is 34.8. The molecule has 12 unspecified atom stereocenters. The number of para-hydroxylation sites is 1. The fourth-order valence-corrected chi connectivity index (χ4v) is 21.3. The number of carbonyl (C=O) groups is 5. The van der Waals surface area contributed by atoms with Crippen molar-refractivity contribution in [2.75, 3.05) is 13.2 Å². The van der Waals surface area contributed by atoms with Crippen LogP contribution in [0.2, 0.25) is 0 Å². The summed E-state index contributed by atoms with van der Waals surface area (Å²) in [5.74, 6) is -1.06. The fraction of sp³-hybridized carbons (Fsp3) is 0.765. The fourth-order valence-electron chi connectivity index (χ4n) is 21.3. The summed E-state index contributed by atoms with van der Waals surface area (Å²) in [6, 6.07) is 17.2. The van der Waals surface area contributed by atoms with Gasteiger partial charge in [-0.3, -0.25) is 19.2 Å². The minimum absolute atomic E-state index is 0.0448. The first kappa shape index (κ1) is 74.9. The Morgan fingerprint density at radius 2 is 1.25 bits per heavy atom. The van der Waals surface area contributed by atoms with Gasteiger partial charge in [0.25, 0.3) is 0 Å². The summed E-state index contributed by atoms with van der Waals surface area (Å²) in [6.07, 6.45) is 0.428. The van der Waals surface area contributed by atoms with Gasteiger partial charge < -0.3 is 71.7 Å². The third-order valence-electron chi connectivity index (χ3n) is 27.7. The highest BCUT2D eigenvalue weighted by Gasteiger charge is 2.72. The van der Waals surface area contributed by atoms with Crippen molar-refractivity contribution in [3.63, 3.8) is 0 Å². The van der Waals surface area contributed by atoms with Gasteiger partial charge in [0, 0.05) is 38.1 Å². The van der Waals surface area contributed by atoms with Crippen molar-refractivity contribution < 1.29 is 85.6 Å². The van der Waals surface area contributed by atoms with Crippen LogP contribution in [0.25, 0.3) is 0 Å². The second kappa shape index (κ2) is 28.2. The first-order chi connectivity index (χ1) is 47.1. The number of fused-ring (bicyclic) bond motifs is 8. The van der Waals surface area contributed by atoms with Crippen molar-refractivity contribution in [1.29, 1.82) is 0 Å². The summed E-state index contributed by atoms with van der Waals surface area (Å²) in [6.45, 7) is 40.1. The lowest BCUT2D eigenvalue weighted by Gasteiger charge is -2.72. The molecule has 1 N–H and O–H groups in total. The predicted octanol–water partition coefficient (Wildman–Crippen LogP) is 13.8. The van der Waals surface area contributed by atoms with Crippen molar-refractivity contribution >= 4 is 30.1 Å². The van der Waals surface area contributed by atoms with Crippen LogP contribution in [0, 0.1) is 91.7 Å². The Balaban J connectivity index is 0.761. The minimum atomic E-state index is -1.28. The topological polar surface area (TPSA) is 217 Å². The first-order valence-electron chi connectivity index (χ1n) is 37.8. The second-order valence-corrected chi connectivity index (χ2v) is 34.8. The van der Waals surface area contributed by atoms with Gasteiger partial charge in [-0.1, -0.05) is 132 Å². The quantitative estimate of drug-likeness (QED) is 0.0512. The molecule has 5 heterocycles. The van der Waals surface area contributed by atoms with Crippen molar-refractivity contribution in [3.05, 3.63) is 71.8 Å². The molecule has 2 aromatic carbocycles. The van der Waals surface area contributed by atoms with E-state index in [2.05, 4.69) is 80.6 Å². The van der Waals surface area contributed by atoms with Gasteiger partial charge in [-0.15, -0.1) is 0 Å². The molecule has 0 spiro atoms. The molecule has 12 rings (SSSR count). The smallest absolute Gasteiger partial charge is 0.315 e. The zero-order valence-electron chi connectivity index (χ0n) is 63.0. The van der Waals surface area contributed by atoms with Gasteiger partial charge in [0.1, 0.15) is 30.0 Å². The third kappa shape index (κ3) is 13.6. The minimum Gasteiger partial charge on any atom is -0.457 e. The summed E-state index contributed by atoms with van der Waals surface area (Å²) in [5.41, 5.74) is -0.244. The number of benzene rings is 2. The molecule has 2 aromatic rings. The third-order valence-corrected chi connectivity index (χ3v) is 27.7. The SMILES string of the molecule is CC(=O)OC1[C@H](O[C@H]2C(C)O[C@@H](OC3[C@H](OC(=O)[C@]45CCC(C)(C)CC4C4=CCC6C7(C)CC[C@H](O[C@@H]8OC(CNC(=O)Cc9ccc(Oc%10ccccc%10)cc9)[C@@H](C)[C@H](C)C8C)C(C)(C=O)[C@@H]7CC[C@@]6(C)[C@]4(C)CC5C)OC(C)[C@@H]4OC(C)(C)O[C@H]34)[C@@H](OC(C)=O)C2C)OC[C@@H](C)[C@@H]1C. The van der Waals surface area contributed by atoms with Crippen LogP contribution in [-0.4, -0.2) is 135 Å². The Bertz CT molecular complexity index is 3320. The van der Waals surface area contributed by atoms with Crippen LogP contribution in [0.3, 0.4) is 0 Å². The van der Waals surface area contributed by atoms with E-state index in [4.69, 9.17) is 61.6 Å². The summed E-state index contributed by atoms with van der Waals surface area (Å²) in [5, 5.41) is 3.18. The van der Waals surface area contributed by atoms with Crippen molar-refractivity contribution in [2.24, 2.45) is 91.7 Å². The molecular formula is C81H117NO18. The molecule has 5 aliphatic heterocycles. The standard InChI is InChI=1S/C81H117NO18/c1-43-41-88-71(65(45(43)3)91-52(10)84)96-64-49(7)66(92-53(11)85)72(89-50(64)8)97-69-68-67(99-76(14,15)100-68)51(9)90-73(69)98-74(87)81-36-35-75(12,13)39-58(81)57-29-30-61-77(16)33-32-62(78(17,42-83)60(77)31-34-79(61,18)80(57,19)38-44(81)2)95-70-48(6)46(4)47(5)59(94-70)40-82-63(86)37-54-25-27-56(28-26-54)93-55-23-21-20-22-24-55/h20-29,42-51,58-62,64-73H,30-41H2,1-19H3,(H,82,86)/t43-,44?,45+,46+,47+,48?,49?,50?,51?,58?,59?,60-,61?,62+,64-,65?,66+,67+,68+,69?,70+,71+,72+,73+,77?,78?,79-,80-,81+/m1/s1. The van der Waals surface area contributed by atoms with E-state index in [-0.39, 0.29) is 105 Å². The molecule has 4 saturated carbocycles. The van der Waals surface area contributed by atoms with Gasteiger partial charge in [0.2, 0.25) is 12.2 Å². The van der Waals surface area contributed by atoms with Gasteiger partial charge in [-0.25, -0.2) is 0 Å². The maximum atomic E-state index is 16.3. The first-order valence-corrected chi connectivity index (χ1v) is 37.8. The number of rotatable bonds is 17. The number of amides is 1. The van der Waals surface area contributed by atoms with E-state index in [0.29, 0.717) is 31.7 Å².